The molecule has 3 rings (SSSR count). The maximum atomic E-state index is 12.8. The number of ether oxygens (including phenoxy) is 1. The highest BCUT2D eigenvalue weighted by Crippen LogP contribution is 2.27. The normalized spacial score (nSPS) is 23.1. The number of nitrogens with one attached hydrogen (secondary N) is 3. The minimum atomic E-state index is -3.75. The summed E-state index contributed by atoms with van der Waals surface area (Å²) in [5.41, 5.74) is 0.328. The number of benzene rings is 1. The first kappa shape index (κ1) is 22.9. The first-order valence-electron chi connectivity index (χ1n) is 9.63. The standard InChI is InChI=1S/C19H29N3O4S.ClH/c1-13-11-16(9-10-20-13)21-19(23)14-7-8-17(26-2)18(12-14)27(24,25)22-15-5-3-4-6-15;/h7-8,12-13,15-16,20,22H,3-6,9-11H2,1-2H3,(H,21,23);1H. The highest BCUT2D eigenvalue weighted by Gasteiger charge is 2.27. The fraction of sp³-hybridized carbons (Fsp3) is 0.632. The van der Waals surface area contributed by atoms with Crippen LogP contribution in [0.25, 0.3) is 0 Å². The molecular formula is C19H30ClN3O4S. The van der Waals surface area contributed by atoms with Crippen molar-refractivity contribution in [1.29, 1.82) is 0 Å². The van der Waals surface area contributed by atoms with Gasteiger partial charge in [-0.15, -0.1) is 12.4 Å². The molecule has 2 atom stereocenters. The van der Waals surface area contributed by atoms with Crippen molar-refractivity contribution in [3.05, 3.63) is 23.8 Å². The van der Waals surface area contributed by atoms with Crippen LogP contribution in [0.3, 0.4) is 0 Å². The first-order valence-corrected chi connectivity index (χ1v) is 11.1. The molecule has 0 aromatic heterocycles. The topological polar surface area (TPSA) is 96.5 Å². The number of hydrogen-bond acceptors (Lipinski definition) is 5. The maximum absolute atomic E-state index is 12.8. The highest BCUT2D eigenvalue weighted by atomic mass is 35.5. The molecule has 2 fully saturated rings. The van der Waals surface area contributed by atoms with E-state index in [1.54, 1.807) is 12.1 Å². The molecule has 7 nitrogen and oxygen atoms in total. The number of amides is 1. The average molecular weight is 432 g/mol. The van der Waals surface area contributed by atoms with E-state index in [9.17, 15) is 13.2 Å². The van der Waals surface area contributed by atoms with E-state index in [-0.39, 0.29) is 41.0 Å². The van der Waals surface area contributed by atoms with Crippen molar-refractivity contribution >= 4 is 28.3 Å². The van der Waals surface area contributed by atoms with Crippen LogP contribution in [0.5, 0.6) is 5.75 Å². The maximum Gasteiger partial charge on any atom is 0.251 e. The number of carbonyl (C=O) groups excluding carboxylic acids is 1. The Balaban J connectivity index is 0.00000280. The van der Waals surface area contributed by atoms with Crippen molar-refractivity contribution in [3.8, 4) is 5.75 Å². The minimum Gasteiger partial charge on any atom is -0.495 e. The van der Waals surface area contributed by atoms with Gasteiger partial charge in [0.25, 0.3) is 5.91 Å². The zero-order valence-electron chi connectivity index (χ0n) is 16.4. The Bertz CT molecular complexity index is 781. The van der Waals surface area contributed by atoms with Crippen molar-refractivity contribution in [1.82, 2.24) is 15.4 Å². The highest BCUT2D eigenvalue weighted by molar-refractivity contribution is 7.89. The van der Waals surface area contributed by atoms with Crippen molar-refractivity contribution in [2.45, 2.75) is 68.5 Å². The van der Waals surface area contributed by atoms with E-state index in [4.69, 9.17) is 4.74 Å². The van der Waals surface area contributed by atoms with Gasteiger partial charge in [0.05, 0.1) is 7.11 Å². The summed E-state index contributed by atoms with van der Waals surface area (Å²) in [5.74, 6) is -0.0124. The second-order valence-corrected chi connectivity index (χ2v) is 9.20. The number of sulfonamides is 1. The molecule has 2 aliphatic rings. The Labute approximate surface area is 173 Å². The quantitative estimate of drug-likeness (QED) is 0.641. The lowest BCUT2D eigenvalue weighted by atomic mass is 10.0. The van der Waals surface area contributed by atoms with Gasteiger partial charge in [-0.25, -0.2) is 13.1 Å². The number of rotatable bonds is 6. The molecular weight excluding hydrogens is 402 g/mol. The van der Waals surface area contributed by atoms with Crippen LogP contribution >= 0.6 is 12.4 Å². The van der Waals surface area contributed by atoms with E-state index in [1.807, 2.05) is 0 Å². The number of carbonyl (C=O) groups is 1. The Kier molecular flexibility index (Phi) is 8.12. The number of methoxy groups -OCH3 is 1. The van der Waals surface area contributed by atoms with Gasteiger partial charge in [-0.05, 0) is 57.4 Å². The summed E-state index contributed by atoms with van der Waals surface area (Å²) in [6.07, 6.45) is 5.46. The third-order valence-corrected chi connectivity index (χ3v) is 6.89. The summed E-state index contributed by atoms with van der Waals surface area (Å²) in [6.45, 7) is 2.95. The van der Waals surface area contributed by atoms with E-state index in [1.165, 1.54) is 13.2 Å². The smallest absolute Gasteiger partial charge is 0.251 e. The van der Waals surface area contributed by atoms with Crippen LogP contribution in [0.1, 0.15) is 55.8 Å². The summed E-state index contributed by atoms with van der Waals surface area (Å²) in [6, 6.07) is 4.96. The van der Waals surface area contributed by atoms with Gasteiger partial charge in [0.1, 0.15) is 10.6 Å². The first-order chi connectivity index (χ1) is 12.9. The van der Waals surface area contributed by atoms with Gasteiger partial charge in [-0.3, -0.25) is 4.79 Å². The largest absolute Gasteiger partial charge is 0.495 e. The SMILES string of the molecule is COc1ccc(C(=O)NC2CCNC(C)C2)cc1S(=O)(=O)NC1CCCC1.Cl. The van der Waals surface area contributed by atoms with Crippen LogP contribution in [0.4, 0.5) is 0 Å². The van der Waals surface area contributed by atoms with Crippen LogP contribution in [0.15, 0.2) is 23.1 Å². The molecule has 3 N–H and O–H groups in total. The van der Waals surface area contributed by atoms with Gasteiger partial charge in [-0.2, -0.15) is 0 Å². The molecule has 1 aliphatic heterocycles. The lowest BCUT2D eigenvalue weighted by Gasteiger charge is -2.28. The summed E-state index contributed by atoms with van der Waals surface area (Å²) >= 11 is 0. The zero-order valence-corrected chi connectivity index (χ0v) is 18.0. The Morgan fingerprint density at radius 2 is 1.89 bits per heavy atom. The second-order valence-electron chi connectivity index (χ2n) is 7.52. The minimum absolute atomic E-state index is 0. The van der Waals surface area contributed by atoms with E-state index in [0.29, 0.717) is 11.6 Å². The molecule has 1 aromatic rings. The van der Waals surface area contributed by atoms with Crippen LogP contribution in [0.2, 0.25) is 0 Å². The average Bonchev–Trinajstić information content (AvgIpc) is 3.13. The molecule has 28 heavy (non-hydrogen) atoms. The lowest BCUT2D eigenvalue weighted by Crippen LogP contribution is -2.46. The summed E-state index contributed by atoms with van der Waals surface area (Å²) in [4.78, 5) is 12.7. The lowest BCUT2D eigenvalue weighted by molar-refractivity contribution is 0.0925. The molecule has 0 spiro atoms. The van der Waals surface area contributed by atoms with Gasteiger partial charge >= 0.3 is 0 Å². The van der Waals surface area contributed by atoms with E-state index < -0.39 is 10.0 Å². The van der Waals surface area contributed by atoms with Crippen molar-refractivity contribution in [2.75, 3.05) is 13.7 Å². The molecule has 9 heteroatoms. The number of piperidine rings is 1. The molecule has 1 saturated carbocycles. The third kappa shape index (κ3) is 5.59. The van der Waals surface area contributed by atoms with E-state index >= 15 is 0 Å². The molecule has 2 unspecified atom stereocenters. The second kappa shape index (κ2) is 9.91. The van der Waals surface area contributed by atoms with Gasteiger partial charge in [0.15, 0.2) is 0 Å². The fourth-order valence-electron chi connectivity index (χ4n) is 3.89. The van der Waals surface area contributed by atoms with Gasteiger partial charge in [0.2, 0.25) is 10.0 Å². The van der Waals surface area contributed by atoms with Gasteiger partial charge in [0, 0.05) is 23.7 Å². The van der Waals surface area contributed by atoms with Crippen molar-refractivity contribution < 1.29 is 17.9 Å². The molecule has 1 aliphatic carbocycles. The van der Waals surface area contributed by atoms with Crippen LogP contribution in [-0.2, 0) is 10.0 Å². The zero-order chi connectivity index (χ0) is 19.4. The molecule has 0 radical (unpaired) electrons. The Morgan fingerprint density at radius 1 is 1.18 bits per heavy atom. The van der Waals surface area contributed by atoms with Crippen LogP contribution in [-0.4, -0.2) is 46.1 Å². The summed E-state index contributed by atoms with van der Waals surface area (Å²) in [5, 5.41) is 6.37. The predicted octanol–water partition coefficient (Wildman–Crippen LogP) is 2.21. The monoisotopic (exact) mass is 431 g/mol. The molecule has 1 saturated heterocycles. The Morgan fingerprint density at radius 3 is 2.54 bits per heavy atom. The predicted molar refractivity (Wildman–Crippen MR) is 111 cm³/mol. The van der Waals surface area contributed by atoms with E-state index in [2.05, 4.69) is 22.3 Å². The van der Waals surface area contributed by atoms with E-state index in [0.717, 1.165) is 45.1 Å². The van der Waals surface area contributed by atoms with Crippen LogP contribution in [0, 0.1) is 0 Å². The Hall–Kier alpha value is -1.35. The molecule has 1 amide bonds. The fourth-order valence-corrected chi connectivity index (χ4v) is 5.39. The molecule has 1 aromatic carbocycles. The van der Waals surface area contributed by atoms with Gasteiger partial charge < -0.3 is 15.4 Å². The van der Waals surface area contributed by atoms with Gasteiger partial charge in [-0.1, -0.05) is 12.8 Å². The van der Waals surface area contributed by atoms with Crippen molar-refractivity contribution in [3.63, 3.8) is 0 Å². The summed E-state index contributed by atoms with van der Waals surface area (Å²) < 4.78 is 33.7. The molecule has 1 heterocycles. The molecule has 158 valence electrons. The van der Waals surface area contributed by atoms with Crippen molar-refractivity contribution in [2.24, 2.45) is 0 Å². The van der Waals surface area contributed by atoms with Crippen LogP contribution < -0.4 is 20.1 Å². The number of halogens is 1. The molecule has 0 bridgehead atoms. The summed E-state index contributed by atoms with van der Waals surface area (Å²) in [7, 11) is -2.32. The third-order valence-electron chi connectivity index (χ3n) is 5.35. The number of hydrogen-bond donors (Lipinski definition) is 3.